The number of nitrogens with zero attached hydrogens (tertiary/aromatic N) is 1. The minimum atomic E-state index is -0.335. The van der Waals surface area contributed by atoms with Crippen molar-refractivity contribution < 1.29 is 4.39 Å². The first-order valence-electron chi connectivity index (χ1n) is 6.21. The number of nitrogens with two attached hydrogens (primary N) is 1. The van der Waals surface area contributed by atoms with E-state index in [2.05, 4.69) is 20.9 Å². The molecule has 2 aromatic carbocycles. The maximum Gasteiger partial charge on any atom is 0.124 e. The van der Waals surface area contributed by atoms with Gasteiger partial charge in [0.25, 0.3) is 0 Å². The molecule has 0 aliphatic rings. The van der Waals surface area contributed by atoms with Crippen LogP contribution in [0.25, 0.3) is 10.9 Å². The number of hydrogen-bond acceptors (Lipinski definition) is 2. The first kappa shape index (κ1) is 13.2. The van der Waals surface area contributed by atoms with Gasteiger partial charge in [-0.1, -0.05) is 40.2 Å². The summed E-state index contributed by atoms with van der Waals surface area (Å²) in [6.07, 6.45) is 1.76. The van der Waals surface area contributed by atoms with Crippen LogP contribution >= 0.6 is 15.9 Å². The van der Waals surface area contributed by atoms with E-state index < -0.39 is 0 Å². The number of hydrogen-bond donors (Lipinski definition) is 1. The molecule has 0 radical (unpaired) electrons. The van der Waals surface area contributed by atoms with Gasteiger partial charge in [0.15, 0.2) is 0 Å². The van der Waals surface area contributed by atoms with Gasteiger partial charge in [-0.25, -0.2) is 4.39 Å². The number of halogens is 2. The predicted octanol–water partition coefficient (Wildman–Crippen LogP) is 4.18. The van der Waals surface area contributed by atoms with Crippen molar-refractivity contribution in [2.75, 3.05) is 0 Å². The summed E-state index contributed by atoms with van der Waals surface area (Å²) in [5, 5.41) is 1.01. The van der Waals surface area contributed by atoms with Crippen molar-refractivity contribution in [3.63, 3.8) is 0 Å². The molecule has 0 bridgehead atoms. The highest BCUT2D eigenvalue weighted by Crippen LogP contribution is 2.30. The van der Waals surface area contributed by atoms with Gasteiger partial charge in [0.2, 0.25) is 0 Å². The molecule has 2 N–H and O–H groups in total. The number of benzene rings is 2. The van der Waals surface area contributed by atoms with Gasteiger partial charge in [-0.05, 0) is 35.4 Å². The Morgan fingerprint density at radius 2 is 1.90 bits per heavy atom. The third-order valence-electron chi connectivity index (χ3n) is 3.31. The van der Waals surface area contributed by atoms with Gasteiger partial charge in [-0.2, -0.15) is 0 Å². The number of pyridine rings is 1. The predicted molar refractivity (Wildman–Crippen MR) is 81.9 cm³/mol. The lowest BCUT2D eigenvalue weighted by atomic mass is 9.96. The van der Waals surface area contributed by atoms with Crippen LogP contribution in [0.15, 0.2) is 59.2 Å². The fourth-order valence-corrected chi connectivity index (χ4v) is 2.92. The Bertz CT molecular complexity index is 768. The van der Waals surface area contributed by atoms with Crippen LogP contribution < -0.4 is 5.73 Å². The molecule has 1 aromatic heterocycles. The van der Waals surface area contributed by atoms with E-state index in [0.717, 1.165) is 22.0 Å². The van der Waals surface area contributed by atoms with E-state index in [1.165, 1.54) is 12.1 Å². The molecule has 2 nitrogen and oxygen atoms in total. The second kappa shape index (κ2) is 5.31. The Labute approximate surface area is 124 Å². The minimum Gasteiger partial charge on any atom is -0.320 e. The lowest BCUT2D eigenvalue weighted by molar-refractivity contribution is 0.625. The van der Waals surface area contributed by atoms with Gasteiger partial charge in [0.1, 0.15) is 5.82 Å². The lowest BCUT2D eigenvalue weighted by Gasteiger charge is -2.16. The van der Waals surface area contributed by atoms with Gasteiger partial charge in [-0.15, -0.1) is 0 Å². The molecule has 0 saturated carbocycles. The molecular weight excluding hydrogens is 319 g/mol. The Morgan fingerprint density at radius 1 is 1.05 bits per heavy atom. The fourth-order valence-electron chi connectivity index (χ4n) is 2.32. The summed E-state index contributed by atoms with van der Waals surface area (Å²) in [5.41, 5.74) is 9.08. The first-order chi connectivity index (χ1) is 9.66. The van der Waals surface area contributed by atoms with Gasteiger partial charge < -0.3 is 5.73 Å². The quantitative estimate of drug-likeness (QED) is 0.765. The molecule has 0 fully saturated rings. The van der Waals surface area contributed by atoms with E-state index in [9.17, 15) is 4.39 Å². The van der Waals surface area contributed by atoms with E-state index in [1.807, 2.05) is 30.3 Å². The standard InChI is InChI=1S/C16H12BrFN2/c17-14-9-10(18)6-7-13(14)16(19)12-3-1-5-15-11(12)4-2-8-20-15/h1-9,16H,19H2. The van der Waals surface area contributed by atoms with Gasteiger partial charge >= 0.3 is 0 Å². The topological polar surface area (TPSA) is 38.9 Å². The molecule has 4 heteroatoms. The molecule has 100 valence electrons. The highest BCUT2D eigenvalue weighted by molar-refractivity contribution is 9.10. The molecule has 0 amide bonds. The van der Waals surface area contributed by atoms with Crippen molar-refractivity contribution in [2.24, 2.45) is 5.73 Å². The average molecular weight is 331 g/mol. The highest BCUT2D eigenvalue weighted by atomic mass is 79.9. The Kier molecular flexibility index (Phi) is 3.51. The van der Waals surface area contributed by atoms with Crippen molar-refractivity contribution in [1.29, 1.82) is 0 Å². The molecule has 1 heterocycles. The summed E-state index contributed by atoms with van der Waals surface area (Å²) in [6, 6.07) is 14.0. The first-order valence-corrected chi connectivity index (χ1v) is 7.00. The Morgan fingerprint density at radius 3 is 2.70 bits per heavy atom. The van der Waals surface area contributed by atoms with E-state index in [1.54, 1.807) is 12.3 Å². The van der Waals surface area contributed by atoms with Crippen LogP contribution in [0.2, 0.25) is 0 Å². The fraction of sp³-hybridized carbons (Fsp3) is 0.0625. The monoisotopic (exact) mass is 330 g/mol. The normalized spacial score (nSPS) is 12.6. The molecule has 20 heavy (non-hydrogen) atoms. The number of rotatable bonds is 2. The largest absolute Gasteiger partial charge is 0.320 e. The molecule has 3 aromatic rings. The summed E-state index contributed by atoms with van der Waals surface area (Å²) in [7, 11) is 0. The summed E-state index contributed by atoms with van der Waals surface area (Å²) in [5.74, 6) is -0.285. The van der Waals surface area contributed by atoms with Crippen LogP contribution in [0.1, 0.15) is 17.2 Å². The molecular formula is C16H12BrFN2. The van der Waals surface area contributed by atoms with Crippen molar-refractivity contribution in [3.8, 4) is 0 Å². The van der Waals surface area contributed by atoms with Crippen LogP contribution in [0.5, 0.6) is 0 Å². The minimum absolute atomic E-state index is 0.285. The molecule has 0 aliphatic carbocycles. The van der Waals surface area contributed by atoms with Crippen LogP contribution in [-0.2, 0) is 0 Å². The zero-order valence-electron chi connectivity index (χ0n) is 10.6. The van der Waals surface area contributed by atoms with E-state index in [4.69, 9.17) is 5.73 Å². The zero-order valence-corrected chi connectivity index (χ0v) is 12.1. The summed E-state index contributed by atoms with van der Waals surface area (Å²) < 4.78 is 13.9. The maximum atomic E-state index is 13.2. The molecule has 1 unspecified atom stereocenters. The van der Waals surface area contributed by atoms with Gasteiger partial charge in [-0.3, -0.25) is 4.98 Å². The van der Waals surface area contributed by atoms with Crippen LogP contribution in [-0.4, -0.2) is 4.98 Å². The molecule has 1 atom stereocenters. The van der Waals surface area contributed by atoms with Gasteiger partial charge in [0.05, 0.1) is 11.6 Å². The van der Waals surface area contributed by atoms with Crippen molar-refractivity contribution in [2.45, 2.75) is 6.04 Å². The molecule has 0 aliphatic heterocycles. The van der Waals surface area contributed by atoms with Crippen LogP contribution in [0.4, 0.5) is 4.39 Å². The van der Waals surface area contributed by atoms with E-state index in [0.29, 0.717) is 4.47 Å². The third-order valence-corrected chi connectivity index (χ3v) is 4.00. The summed E-state index contributed by atoms with van der Waals surface area (Å²) >= 11 is 3.37. The van der Waals surface area contributed by atoms with Crippen molar-refractivity contribution in [1.82, 2.24) is 4.98 Å². The van der Waals surface area contributed by atoms with Gasteiger partial charge in [0, 0.05) is 16.1 Å². The van der Waals surface area contributed by atoms with Crippen molar-refractivity contribution in [3.05, 3.63) is 76.1 Å². The van der Waals surface area contributed by atoms with Crippen molar-refractivity contribution >= 4 is 26.8 Å². The highest BCUT2D eigenvalue weighted by Gasteiger charge is 2.15. The van der Waals surface area contributed by atoms with E-state index >= 15 is 0 Å². The third kappa shape index (κ3) is 2.32. The second-order valence-electron chi connectivity index (χ2n) is 4.56. The smallest absolute Gasteiger partial charge is 0.124 e. The maximum absolute atomic E-state index is 13.2. The number of aromatic nitrogens is 1. The summed E-state index contributed by atoms with van der Waals surface area (Å²) in [6.45, 7) is 0. The SMILES string of the molecule is NC(c1ccc(F)cc1Br)c1cccc2ncccc12. The van der Waals surface area contributed by atoms with Crippen LogP contribution in [0, 0.1) is 5.82 Å². The van der Waals surface area contributed by atoms with Crippen LogP contribution in [0.3, 0.4) is 0 Å². The second-order valence-corrected chi connectivity index (χ2v) is 5.42. The molecule has 0 spiro atoms. The Hall–Kier alpha value is -1.78. The molecule has 0 saturated heterocycles. The van der Waals surface area contributed by atoms with E-state index in [-0.39, 0.29) is 11.9 Å². The number of fused-ring (bicyclic) bond motifs is 1. The molecule has 3 rings (SSSR count). The summed E-state index contributed by atoms with van der Waals surface area (Å²) in [4.78, 5) is 4.33. The lowest BCUT2D eigenvalue weighted by Crippen LogP contribution is -2.13. The zero-order chi connectivity index (χ0) is 14.1. The average Bonchev–Trinajstić information content (AvgIpc) is 2.46. The Balaban J connectivity index is 2.15.